The van der Waals surface area contributed by atoms with E-state index in [4.69, 9.17) is 16.3 Å². The summed E-state index contributed by atoms with van der Waals surface area (Å²) in [5.41, 5.74) is 3.57. The van der Waals surface area contributed by atoms with Crippen LogP contribution in [-0.4, -0.2) is 36.0 Å². The minimum Gasteiger partial charge on any atom is -0.478 e. The molecule has 0 bridgehead atoms. The third-order valence-corrected chi connectivity index (χ3v) is 7.28. The number of amides is 1. The summed E-state index contributed by atoms with van der Waals surface area (Å²) in [4.78, 5) is 28.0. The second-order valence-electron chi connectivity index (χ2n) is 10.4. The largest absolute Gasteiger partial charge is 0.478 e. The number of halogens is 2. The molecule has 1 aromatic heterocycles. The van der Waals surface area contributed by atoms with E-state index in [2.05, 4.69) is 31.1 Å². The lowest BCUT2D eigenvalue weighted by molar-refractivity contribution is -0.126. The van der Waals surface area contributed by atoms with Gasteiger partial charge in [-0.2, -0.15) is 0 Å². The van der Waals surface area contributed by atoms with Crippen molar-refractivity contribution in [2.45, 2.75) is 71.9 Å². The molecule has 3 heterocycles. The molecular weight excluding hydrogens is 473 g/mol. The van der Waals surface area contributed by atoms with Crippen LogP contribution >= 0.6 is 11.6 Å². The Hall–Kier alpha value is -2.50. The summed E-state index contributed by atoms with van der Waals surface area (Å²) in [7, 11) is -1.65. The number of hydrogen-bond acceptors (Lipinski definition) is 3. The van der Waals surface area contributed by atoms with Gasteiger partial charge in [0.15, 0.2) is 6.10 Å². The first-order valence-electron chi connectivity index (χ1n) is 11.8. The molecule has 1 atom stereocenters. The molecule has 0 fully saturated rings. The predicted octanol–water partition coefficient (Wildman–Crippen LogP) is 4.92. The fourth-order valence-electron chi connectivity index (χ4n) is 4.41. The van der Waals surface area contributed by atoms with Crippen molar-refractivity contribution in [1.82, 2.24) is 9.36 Å². The van der Waals surface area contributed by atoms with Crippen LogP contribution in [0.5, 0.6) is 5.75 Å². The van der Waals surface area contributed by atoms with Gasteiger partial charge in [0.2, 0.25) is 0 Å². The lowest BCUT2D eigenvalue weighted by Crippen LogP contribution is -2.46. The Balaban J connectivity index is 1.83. The van der Waals surface area contributed by atoms with Gasteiger partial charge in [-0.3, -0.25) is 19.2 Å². The van der Waals surface area contributed by atoms with Crippen molar-refractivity contribution < 1.29 is 13.9 Å². The highest BCUT2D eigenvalue weighted by Crippen LogP contribution is 2.41. The quantitative estimate of drug-likeness (QED) is 0.439. The standard InChI is InChI=1S/C25H31ClFN3O3Si/c1-16(2)13-21-24(31)28(9-8-12-34(3,4)5)19-14-17(18(27)15-20(19)33-21)22-23(26)29-10-6-7-11-30(29)25(22)32/h14-16,21H,6-7,9-11,13H2,1-5H3. The molecule has 2 aliphatic heterocycles. The third kappa shape index (κ3) is 4.69. The molecule has 4 rings (SSSR count). The van der Waals surface area contributed by atoms with E-state index in [9.17, 15) is 9.59 Å². The molecule has 6 nitrogen and oxygen atoms in total. The number of carbonyl (C=O) groups is 1. The van der Waals surface area contributed by atoms with Gasteiger partial charge in [-0.1, -0.05) is 51.0 Å². The van der Waals surface area contributed by atoms with Crippen LogP contribution in [-0.2, 0) is 17.9 Å². The third-order valence-electron chi connectivity index (χ3n) is 5.97. The van der Waals surface area contributed by atoms with Gasteiger partial charge in [-0.15, -0.1) is 5.54 Å². The van der Waals surface area contributed by atoms with Crippen molar-refractivity contribution in [1.29, 1.82) is 0 Å². The van der Waals surface area contributed by atoms with Gasteiger partial charge in [0.1, 0.15) is 24.8 Å². The lowest BCUT2D eigenvalue weighted by atomic mass is 10.0. The van der Waals surface area contributed by atoms with E-state index in [0.717, 1.165) is 12.8 Å². The molecule has 0 N–H and O–H groups in total. The Kier molecular flexibility index (Phi) is 6.71. The van der Waals surface area contributed by atoms with Gasteiger partial charge < -0.3 is 4.74 Å². The number of anilines is 1. The van der Waals surface area contributed by atoms with Crippen LogP contribution in [0.15, 0.2) is 16.9 Å². The molecule has 1 unspecified atom stereocenters. The Labute approximate surface area is 205 Å². The zero-order valence-electron chi connectivity index (χ0n) is 20.4. The molecule has 0 aliphatic carbocycles. The van der Waals surface area contributed by atoms with Crippen molar-refractivity contribution in [3.05, 3.63) is 33.5 Å². The zero-order valence-corrected chi connectivity index (χ0v) is 22.1. The lowest BCUT2D eigenvalue weighted by Gasteiger charge is -2.34. The summed E-state index contributed by atoms with van der Waals surface area (Å²) in [6, 6.07) is 2.78. The van der Waals surface area contributed by atoms with Crippen LogP contribution in [0, 0.1) is 23.2 Å². The molecular formula is C25H31ClFN3O3Si. The van der Waals surface area contributed by atoms with Gasteiger partial charge in [0.05, 0.1) is 17.8 Å². The van der Waals surface area contributed by atoms with Crippen LogP contribution in [0.4, 0.5) is 10.1 Å². The maximum Gasteiger partial charge on any atom is 0.276 e. The van der Waals surface area contributed by atoms with Gasteiger partial charge >= 0.3 is 0 Å². The fraction of sp³-hybridized carbons (Fsp3) is 0.520. The van der Waals surface area contributed by atoms with E-state index in [1.54, 1.807) is 14.3 Å². The number of benzene rings is 1. The SMILES string of the molecule is CC(C)CC1Oc2cc(F)c(-c3c(Cl)n4n(c3=O)CCCC4)cc2N(CC#C[Si](C)(C)C)C1=O. The smallest absolute Gasteiger partial charge is 0.276 e. The molecule has 1 amide bonds. The van der Waals surface area contributed by atoms with Gasteiger partial charge in [0, 0.05) is 24.7 Å². The Morgan fingerprint density at radius 1 is 1.18 bits per heavy atom. The summed E-state index contributed by atoms with van der Waals surface area (Å²) in [6.45, 7) is 11.7. The molecule has 182 valence electrons. The molecule has 0 spiro atoms. The Bertz CT molecular complexity index is 1250. The van der Waals surface area contributed by atoms with E-state index in [1.165, 1.54) is 12.1 Å². The van der Waals surface area contributed by atoms with E-state index in [0.29, 0.717) is 25.2 Å². The van der Waals surface area contributed by atoms with Crippen molar-refractivity contribution >= 4 is 31.3 Å². The number of ether oxygens (including phenoxy) is 1. The fourth-order valence-corrected chi connectivity index (χ4v) is 5.38. The second kappa shape index (κ2) is 9.27. The number of fused-ring (bicyclic) bond motifs is 2. The van der Waals surface area contributed by atoms with Gasteiger partial charge in [-0.05, 0) is 31.2 Å². The summed E-state index contributed by atoms with van der Waals surface area (Å²) >= 11 is 6.56. The molecule has 0 saturated carbocycles. The monoisotopic (exact) mass is 503 g/mol. The molecule has 1 aromatic carbocycles. The van der Waals surface area contributed by atoms with Gasteiger partial charge in [-0.25, -0.2) is 9.07 Å². The maximum absolute atomic E-state index is 15.4. The van der Waals surface area contributed by atoms with Crippen LogP contribution in [0.25, 0.3) is 11.1 Å². The molecule has 2 aromatic rings. The molecule has 9 heteroatoms. The van der Waals surface area contributed by atoms with Crippen molar-refractivity contribution in [3.63, 3.8) is 0 Å². The molecule has 2 aliphatic rings. The van der Waals surface area contributed by atoms with Crippen molar-refractivity contribution in [2.24, 2.45) is 5.92 Å². The molecule has 34 heavy (non-hydrogen) atoms. The molecule has 0 saturated heterocycles. The summed E-state index contributed by atoms with van der Waals surface area (Å²) < 4.78 is 24.6. The second-order valence-corrected chi connectivity index (χ2v) is 15.5. The Morgan fingerprint density at radius 3 is 2.47 bits per heavy atom. The van der Waals surface area contributed by atoms with E-state index < -0.39 is 20.0 Å². The van der Waals surface area contributed by atoms with Crippen LogP contribution in [0.1, 0.15) is 33.1 Å². The minimum atomic E-state index is -1.65. The molecule has 0 radical (unpaired) electrons. The summed E-state index contributed by atoms with van der Waals surface area (Å²) in [5.74, 6) is 2.84. The average Bonchev–Trinajstić information content (AvgIpc) is 3.00. The Morgan fingerprint density at radius 2 is 1.85 bits per heavy atom. The van der Waals surface area contributed by atoms with E-state index in [-0.39, 0.29) is 46.0 Å². The number of rotatable bonds is 4. The van der Waals surface area contributed by atoms with Crippen LogP contribution in [0.2, 0.25) is 24.8 Å². The van der Waals surface area contributed by atoms with Crippen LogP contribution in [0.3, 0.4) is 0 Å². The van der Waals surface area contributed by atoms with Crippen molar-refractivity contribution in [3.8, 4) is 28.3 Å². The first-order valence-corrected chi connectivity index (χ1v) is 15.7. The topological polar surface area (TPSA) is 56.5 Å². The first-order chi connectivity index (χ1) is 16.0. The highest BCUT2D eigenvalue weighted by molar-refractivity contribution is 6.83. The van der Waals surface area contributed by atoms with E-state index >= 15 is 4.39 Å². The van der Waals surface area contributed by atoms with Crippen molar-refractivity contribution in [2.75, 3.05) is 11.4 Å². The average molecular weight is 504 g/mol. The highest BCUT2D eigenvalue weighted by atomic mass is 35.5. The highest BCUT2D eigenvalue weighted by Gasteiger charge is 2.36. The summed E-state index contributed by atoms with van der Waals surface area (Å²) in [5, 5.41) is 0.217. The number of hydrogen-bond donors (Lipinski definition) is 0. The van der Waals surface area contributed by atoms with Crippen LogP contribution < -0.4 is 15.2 Å². The first kappa shape index (κ1) is 24.6. The number of carbonyl (C=O) groups excluding carboxylic acids is 1. The zero-order chi connectivity index (χ0) is 24.8. The number of aromatic nitrogens is 2. The van der Waals surface area contributed by atoms with Gasteiger partial charge in [0.25, 0.3) is 11.5 Å². The normalized spacial score (nSPS) is 17.7. The summed E-state index contributed by atoms with van der Waals surface area (Å²) in [6.07, 6.45) is 1.58. The minimum absolute atomic E-state index is 0.0741. The maximum atomic E-state index is 15.4. The predicted molar refractivity (Wildman–Crippen MR) is 136 cm³/mol. The number of nitrogens with zero attached hydrogens (tertiary/aromatic N) is 3. The van der Waals surface area contributed by atoms with E-state index in [1.807, 2.05) is 13.8 Å².